The molecule has 0 radical (unpaired) electrons. The van der Waals surface area contributed by atoms with E-state index in [0.29, 0.717) is 0 Å². The Bertz CT molecular complexity index is 137. The molecule has 5 heteroatoms. The lowest BCUT2D eigenvalue weighted by atomic mass is 10.3. The topological polar surface area (TPSA) is 34.1 Å². The summed E-state index contributed by atoms with van der Waals surface area (Å²) in [5.74, 6) is -1.44. The lowest BCUT2D eigenvalue weighted by molar-refractivity contribution is -0.130. The van der Waals surface area contributed by atoms with Crippen LogP contribution < -0.4 is 0 Å². The molecule has 0 aromatic rings. The summed E-state index contributed by atoms with van der Waals surface area (Å²) in [6.07, 6.45) is -2.50. The van der Waals surface area contributed by atoms with Crippen molar-refractivity contribution in [3.8, 4) is 0 Å². The smallest absolute Gasteiger partial charge is 0.263 e. The van der Waals surface area contributed by atoms with Gasteiger partial charge in [-0.3, -0.25) is 9.59 Å². The van der Waals surface area contributed by atoms with Crippen molar-refractivity contribution in [2.45, 2.75) is 6.17 Å². The summed E-state index contributed by atoms with van der Waals surface area (Å²) in [4.78, 5) is 19.6. The van der Waals surface area contributed by atoms with Crippen LogP contribution in [-0.2, 0) is 9.59 Å². The van der Waals surface area contributed by atoms with Crippen molar-refractivity contribution in [1.82, 2.24) is 0 Å². The molecule has 0 fully saturated rings. The Kier molecular flexibility index (Phi) is 3.30. The highest BCUT2D eigenvalue weighted by Crippen LogP contribution is 1.98. The van der Waals surface area contributed by atoms with E-state index >= 15 is 0 Å². The third kappa shape index (κ3) is 2.51. The Hall–Kier alpha value is -0.510. The molecule has 1 unspecified atom stereocenters. The van der Waals surface area contributed by atoms with Gasteiger partial charge in [-0.05, 0) is 11.6 Å². The maximum atomic E-state index is 11.8. The fourth-order valence-corrected chi connectivity index (χ4v) is 0.316. The molecule has 0 bridgehead atoms. The van der Waals surface area contributed by atoms with Crippen molar-refractivity contribution in [3.63, 3.8) is 0 Å². The first kappa shape index (κ1) is 8.49. The van der Waals surface area contributed by atoms with Crippen molar-refractivity contribution in [2.24, 2.45) is 0 Å². The molecule has 0 amide bonds. The van der Waals surface area contributed by atoms with Gasteiger partial charge in [-0.15, -0.1) is 0 Å². The monoisotopic (exact) mass is 156 g/mol. The maximum Gasteiger partial charge on any atom is 0.263 e. The molecule has 0 aliphatic rings. The van der Waals surface area contributed by atoms with Crippen molar-refractivity contribution < 1.29 is 18.4 Å². The minimum Gasteiger partial charge on any atom is -0.293 e. The van der Waals surface area contributed by atoms with Gasteiger partial charge >= 0.3 is 0 Å². The summed E-state index contributed by atoms with van der Waals surface area (Å²) in [6, 6.07) is 0. The van der Waals surface area contributed by atoms with Crippen molar-refractivity contribution >= 4 is 22.6 Å². The van der Waals surface area contributed by atoms with Gasteiger partial charge in [-0.1, -0.05) is 0 Å². The number of carbonyl (C=O) groups is 2. The highest BCUT2D eigenvalue weighted by Gasteiger charge is 2.23. The zero-order valence-corrected chi connectivity index (χ0v) is 4.99. The number of ketones is 1. The summed E-state index contributed by atoms with van der Waals surface area (Å²) >= 11 is 4.50. The van der Waals surface area contributed by atoms with Crippen LogP contribution in [0.1, 0.15) is 0 Å². The molecule has 0 N–H and O–H groups in total. The lowest BCUT2D eigenvalue weighted by Crippen LogP contribution is -2.23. The first-order chi connectivity index (χ1) is 4.09. The molecule has 0 rings (SSSR count). The van der Waals surface area contributed by atoms with Crippen molar-refractivity contribution in [2.75, 3.05) is 6.67 Å². The largest absolute Gasteiger partial charge is 0.293 e. The Morgan fingerprint density at radius 2 is 2.00 bits per heavy atom. The number of halogens is 3. The van der Waals surface area contributed by atoms with Gasteiger partial charge < -0.3 is 0 Å². The summed E-state index contributed by atoms with van der Waals surface area (Å²) in [6.45, 7) is -1.50. The number of Topliss-reactive ketones (excluding diaryl/α,β-unsaturated/α-hetero) is 1. The molecule has 0 heterocycles. The quantitative estimate of drug-likeness (QED) is 0.444. The van der Waals surface area contributed by atoms with Crippen LogP contribution >= 0.6 is 11.6 Å². The molecule has 0 spiro atoms. The van der Waals surface area contributed by atoms with Gasteiger partial charge in [0.15, 0.2) is 6.67 Å². The van der Waals surface area contributed by atoms with Crippen LogP contribution in [0.3, 0.4) is 0 Å². The van der Waals surface area contributed by atoms with Gasteiger partial charge in [0, 0.05) is 0 Å². The number of hydrogen-bond acceptors (Lipinski definition) is 2. The summed E-state index contributed by atoms with van der Waals surface area (Å²) in [5, 5.41) is -1.47. The van der Waals surface area contributed by atoms with Crippen LogP contribution in [0.25, 0.3) is 0 Å². The molecule has 0 aliphatic heterocycles. The van der Waals surface area contributed by atoms with E-state index in [9.17, 15) is 18.4 Å². The first-order valence-electron chi connectivity index (χ1n) is 2.01. The first-order valence-corrected chi connectivity index (χ1v) is 2.39. The fourth-order valence-electron chi connectivity index (χ4n) is 0.194. The molecule has 1 atom stereocenters. The van der Waals surface area contributed by atoms with E-state index < -0.39 is 23.9 Å². The molecular formula is C4H3ClF2O2. The SMILES string of the molecule is O=C(Cl)C(F)C(=O)CF. The minimum atomic E-state index is -2.50. The van der Waals surface area contributed by atoms with Crippen molar-refractivity contribution in [1.29, 1.82) is 0 Å². The van der Waals surface area contributed by atoms with Gasteiger partial charge in [0.2, 0.25) is 12.0 Å². The predicted octanol–water partition coefficient (Wildman–Crippen LogP) is 0.629. The third-order valence-corrected chi connectivity index (χ3v) is 0.805. The molecule has 9 heavy (non-hydrogen) atoms. The summed E-state index contributed by atoms with van der Waals surface area (Å²) < 4.78 is 23.0. The molecule has 0 saturated heterocycles. The van der Waals surface area contributed by atoms with E-state index in [4.69, 9.17) is 0 Å². The third-order valence-electron chi connectivity index (χ3n) is 0.614. The normalized spacial score (nSPS) is 12.8. The molecule has 0 aliphatic carbocycles. The Morgan fingerprint density at radius 1 is 1.56 bits per heavy atom. The standard InChI is InChI=1S/C4H3ClF2O2/c5-4(9)3(7)2(8)1-6/h3H,1H2. The lowest BCUT2D eigenvalue weighted by Gasteiger charge is -1.93. The molecule has 0 aromatic heterocycles. The number of carbonyl (C=O) groups excluding carboxylic acids is 2. The van der Waals surface area contributed by atoms with E-state index in [1.807, 2.05) is 0 Å². The second kappa shape index (κ2) is 3.50. The van der Waals surface area contributed by atoms with Crippen LogP contribution in [0.5, 0.6) is 0 Å². The van der Waals surface area contributed by atoms with Crippen LogP contribution in [-0.4, -0.2) is 23.9 Å². The van der Waals surface area contributed by atoms with E-state index in [-0.39, 0.29) is 0 Å². The predicted molar refractivity (Wildman–Crippen MR) is 26.7 cm³/mol. The number of rotatable bonds is 3. The van der Waals surface area contributed by atoms with E-state index in [2.05, 4.69) is 11.6 Å². The van der Waals surface area contributed by atoms with Gasteiger partial charge in [-0.25, -0.2) is 8.78 Å². The van der Waals surface area contributed by atoms with E-state index in [0.717, 1.165) is 0 Å². The van der Waals surface area contributed by atoms with Crippen molar-refractivity contribution in [3.05, 3.63) is 0 Å². The molecular weight excluding hydrogens is 153 g/mol. The van der Waals surface area contributed by atoms with Gasteiger partial charge in [0.05, 0.1) is 0 Å². The van der Waals surface area contributed by atoms with E-state index in [1.165, 1.54) is 0 Å². The zero-order chi connectivity index (χ0) is 7.44. The Morgan fingerprint density at radius 3 is 2.11 bits per heavy atom. The average molecular weight is 157 g/mol. The van der Waals surface area contributed by atoms with Gasteiger partial charge in [0.25, 0.3) is 5.24 Å². The van der Waals surface area contributed by atoms with Gasteiger partial charge in [-0.2, -0.15) is 0 Å². The van der Waals surface area contributed by atoms with Crippen LogP contribution in [0, 0.1) is 0 Å². The molecule has 0 saturated carbocycles. The average Bonchev–Trinajstić information content (AvgIpc) is 1.84. The van der Waals surface area contributed by atoms with Gasteiger partial charge in [0.1, 0.15) is 0 Å². The Balaban J connectivity index is 3.88. The minimum absolute atomic E-state index is 1.44. The molecule has 52 valence electrons. The molecule has 0 aromatic carbocycles. The number of hydrogen-bond donors (Lipinski definition) is 0. The van der Waals surface area contributed by atoms with Crippen LogP contribution in [0.4, 0.5) is 8.78 Å². The Labute approximate surface area is 54.8 Å². The number of alkyl halides is 2. The van der Waals surface area contributed by atoms with Crippen LogP contribution in [0.15, 0.2) is 0 Å². The molecule has 2 nitrogen and oxygen atoms in total. The summed E-state index contributed by atoms with van der Waals surface area (Å²) in [7, 11) is 0. The highest BCUT2D eigenvalue weighted by atomic mass is 35.5. The maximum absolute atomic E-state index is 11.8. The fraction of sp³-hybridized carbons (Fsp3) is 0.500. The second-order valence-corrected chi connectivity index (χ2v) is 1.64. The summed E-state index contributed by atoms with van der Waals surface area (Å²) in [5.41, 5.74) is 0. The van der Waals surface area contributed by atoms with E-state index in [1.54, 1.807) is 0 Å². The second-order valence-electron chi connectivity index (χ2n) is 1.27. The highest BCUT2D eigenvalue weighted by molar-refractivity contribution is 6.66. The zero-order valence-electron chi connectivity index (χ0n) is 4.23. The van der Waals surface area contributed by atoms with Crippen LogP contribution in [0.2, 0.25) is 0 Å².